The first-order valence-electron chi connectivity index (χ1n) is 1.89. The molecule has 0 atom stereocenters. The molecule has 4 N–H and O–H groups in total. The zero-order valence-corrected chi connectivity index (χ0v) is 4.50. The second-order valence-electron chi connectivity index (χ2n) is 0.752. The highest BCUT2D eigenvalue weighted by Crippen LogP contribution is 1.66. The maximum absolute atomic E-state index is 9.60. The van der Waals surface area contributed by atoms with Gasteiger partial charge in [-0.2, -0.15) is 0 Å². The van der Waals surface area contributed by atoms with E-state index in [0.29, 0.717) is 6.61 Å². The van der Waals surface area contributed by atoms with Gasteiger partial charge >= 0.3 is 6.09 Å². The average molecular weight is 123 g/mol. The van der Waals surface area contributed by atoms with Gasteiger partial charge in [0, 0.05) is 0 Å². The number of nitrogens with two attached hydrogens (primary N) is 1. The van der Waals surface area contributed by atoms with Crippen LogP contribution < -0.4 is 5.73 Å². The lowest BCUT2D eigenvalue weighted by Crippen LogP contribution is -2.11. The number of primary amides is 1. The number of ether oxygens (including phenoxy) is 1. The lowest BCUT2D eigenvalue weighted by atomic mass is 10.9. The van der Waals surface area contributed by atoms with Crippen molar-refractivity contribution < 1.29 is 20.0 Å². The maximum Gasteiger partial charge on any atom is 0.404 e. The van der Waals surface area contributed by atoms with E-state index in [0.717, 1.165) is 0 Å². The highest BCUT2D eigenvalue weighted by molar-refractivity contribution is 5.64. The first-order chi connectivity index (χ1) is 3.77. The van der Waals surface area contributed by atoms with Crippen molar-refractivity contribution in [1.29, 1.82) is 0 Å². The van der Waals surface area contributed by atoms with Crippen molar-refractivity contribution in [3.63, 3.8) is 0 Å². The Balaban J connectivity index is 0. The fourth-order valence-corrected chi connectivity index (χ4v) is 0.142. The van der Waals surface area contributed by atoms with Crippen molar-refractivity contribution in [3.05, 3.63) is 0 Å². The van der Waals surface area contributed by atoms with Crippen molar-refractivity contribution in [2.24, 2.45) is 5.73 Å². The Morgan fingerprint density at radius 2 is 2.12 bits per heavy atom. The Kier molecular flexibility index (Phi) is 12.1. The lowest BCUT2D eigenvalue weighted by molar-refractivity contribution is -0.176. The van der Waals surface area contributed by atoms with Gasteiger partial charge in [0.05, 0.1) is 6.61 Å². The number of rotatable bonds is 1. The molecule has 0 spiro atoms. The normalized spacial score (nSPS) is 6.38. The molecule has 1 amide bonds. The third-order valence-corrected chi connectivity index (χ3v) is 0.287. The van der Waals surface area contributed by atoms with E-state index in [9.17, 15) is 4.79 Å². The van der Waals surface area contributed by atoms with Crippen molar-refractivity contribution in [2.45, 2.75) is 6.92 Å². The van der Waals surface area contributed by atoms with Crippen LogP contribution in [0.3, 0.4) is 0 Å². The standard InChI is InChI=1S/C3H7NO2.H2O2/c1-2-6-3(4)5;1-2/h2H2,1H3,(H2,4,5);1-2H. The summed E-state index contributed by atoms with van der Waals surface area (Å²) >= 11 is 0. The monoisotopic (exact) mass is 123 g/mol. The van der Waals surface area contributed by atoms with E-state index in [1.165, 1.54) is 0 Å². The van der Waals surface area contributed by atoms with E-state index in [1.807, 2.05) is 0 Å². The van der Waals surface area contributed by atoms with Gasteiger partial charge in [0.1, 0.15) is 0 Å². The fourth-order valence-electron chi connectivity index (χ4n) is 0.142. The minimum absolute atomic E-state index is 0.356. The summed E-state index contributed by atoms with van der Waals surface area (Å²) in [5.41, 5.74) is 4.54. The van der Waals surface area contributed by atoms with Gasteiger partial charge in [-0.25, -0.2) is 4.79 Å². The molecule has 0 aromatic carbocycles. The third-order valence-electron chi connectivity index (χ3n) is 0.287. The van der Waals surface area contributed by atoms with Crippen LogP contribution in [0.4, 0.5) is 4.79 Å². The molecule has 0 radical (unpaired) electrons. The summed E-state index contributed by atoms with van der Waals surface area (Å²) in [6, 6.07) is 0. The first kappa shape index (κ1) is 10.2. The van der Waals surface area contributed by atoms with Gasteiger partial charge in [0.2, 0.25) is 0 Å². The quantitative estimate of drug-likeness (QED) is 0.341. The van der Waals surface area contributed by atoms with Crippen LogP contribution in [0.2, 0.25) is 0 Å². The highest BCUT2D eigenvalue weighted by Gasteiger charge is 1.82. The Bertz CT molecular complexity index is 55.2. The molecule has 0 saturated heterocycles. The summed E-state index contributed by atoms with van der Waals surface area (Å²) in [7, 11) is 0. The van der Waals surface area contributed by atoms with Crippen LogP contribution in [0.25, 0.3) is 0 Å². The van der Waals surface area contributed by atoms with Crippen LogP contribution in [-0.2, 0) is 4.74 Å². The van der Waals surface area contributed by atoms with Gasteiger partial charge in [0.25, 0.3) is 0 Å². The Labute approximate surface area is 46.6 Å². The molecule has 0 unspecified atom stereocenters. The second-order valence-corrected chi connectivity index (χ2v) is 0.752. The van der Waals surface area contributed by atoms with Crippen LogP contribution in [0.1, 0.15) is 6.92 Å². The van der Waals surface area contributed by atoms with Crippen molar-refractivity contribution in [2.75, 3.05) is 6.61 Å². The predicted molar refractivity (Wildman–Crippen MR) is 26.5 cm³/mol. The largest absolute Gasteiger partial charge is 0.450 e. The molecule has 0 aliphatic rings. The molecule has 50 valence electrons. The molecule has 0 fully saturated rings. The molecule has 0 saturated carbocycles. The summed E-state index contributed by atoms with van der Waals surface area (Å²) in [6.45, 7) is 2.06. The number of carbonyl (C=O) groups excluding carboxylic acids is 1. The molecule has 0 heterocycles. The molecule has 0 rings (SSSR count). The van der Waals surface area contributed by atoms with E-state index >= 15 is 0 Å². The number of amides is 1. The van der Waals surface area contributed by atoms with Gasteiger partial charge in [-0.1, -0.05) is 0 Å². The Morgan fingerprint density at radius 3 is 2.12 bits per heavy atom. The van der Waals surface area contributed by atoms with E-state index in [2.05, 4.69) is 10.5 Å². The highest BCUT2D eigenvalue weighted by atomic mass is 17.0. The van der Waals surface area contributed by atoms with Gasteiger partial charge in [-0.15, -0.1) is 0 Å². The fraction of sp³-hybridized carbons (Fsp3) is 0.667. The molecule has 8 heavy (non-hydrogen) atoms. The molecule has 0 bridgehead atoms. The SMILES string of the molecule is CCOC(N)=O.OO. The van der Waals surface area contributed by atoms with Crippen LogP contribution >= 0.6 is 0 Å². The Hall–Kier alpha value is -0.810. The molecular formula is C3H9NO4. The topological polar surface area (TPSA) is 92.8 Å². The molecule has 5 heteroatoms. The molecular weight excluding hydrogens is 114 g/mol. The maximum atomic E-state index is 9.60. The predicted octanol–water partition coefficient (Wildman–Crippen LogP) is 0.119. The van der Waals surface area contributed by atoms with Crippen LogP contribution in [0.5, 0.6) is 0 Å². The van der Waals surface area contributed by atoms with E-state index in [-0.39, 0.29) is 0 Å². The molecule has 0 aliphatic carbocycles. The Morgan fingerprint density at radius 1 is 1.75 bits per heavy atom. The first-order valence-corrected chi connectivity index (χ1v) is 1.89. The molecule has 0 aromatic rings. The summed E-state index contributed by atoms with van der Waals surface area (Å²) in [6.07, 6.45) is -0.711. The molecule has 5 nitrogen and oxygen atoms in total. The zero-order chi connectivity index (χ0) is 6.99. The molecule has 0 aliphatic heterocycles. The van der Waals surface area contributed by atoms with E-state index in [4.69, 9.17) is 10.5 Å². The van der Waals surface area contributed by atoms with Gasteiger partial charge in [-0.05, 0) is 6.92 Å². The zero-order valence-electron chi connectivity index (χ0n) is 4.50. The van der Waals surface area contributed by atoms with Crippen molar-refractivity contribution in [3.8, 4) is 0 Å². The van der Waals surface area contributed by atoms with Crippen LogP contribution in [0, 0.1) is 0 Å². The van der Waals surface area contributed by atoms with Crippen molar-refractivity contribution in [1.82, 2.24) is 0 Å². The summed E-state index contributed by atoms with van der Waals surface area (Å²) in [4.78, 5) is 9.60. The molecule has 0 aromatic heterocycles. The van der Waals surface area contributed by atoms with Crippen LogP contribution in [0.15, 0.2) is 0 Å². The summed E-state index contributed by atoms with van der Waals surface area (Å²) in [5, 5.41) is 12.0. The smallest absolute Gasteiger partial charge is 0.404 e. The van der Waals surface area contributed by atoms with E-state index < -0.39 is 6.09 Å². The average Bonchev–Trinajstić information content (AvgIpc) is 1.72. The summed E-state index contributed by atoms with van der Waals surface area (Å²) in [5.74, 6) is 0. The minimum atomic E-state index is -0.711. The van der Waals surface area contributed by atoms with Gasteiger partial charge < -0.3 is 10.5 Å². The van der Waals surface area contributed by atoms with Gasteiger partial charge in [0.15, 0.2) is 0 Å². The minimum Gasteiger partial charge on any atom is -0.450 e. The lowest BCUT2D eigenvalue weighted by Gasteiger charge is -1.89. The number of hydrogen-bond donors (Lipinski definition) is 3. The van der Waals surface area contributed by atoms with Crippen molar-refractivity contribution >= 4 is 6.09 Å². The van der Waals surface area contributed by atoms with E-state index in [1.54, 1.807) is 6.92 Å². The number of carbonyl (C=O) groups is 1. The second kappa shape index (κ2) is 9.50. The summed E-state index contributed by atoms with van der Waals surface area (Å²) < 4.78 is 4.18. The van der Waals surface area contributed by atoms with Crippen LogP contribution in [-0.4, -0.2) is 23.2 Å². The number of hydrogen-bond acceptors (Lipinski definition) is 4. The van der Waals surface area contributed by atoms with Gasteiger partial charge in [-0.3, -0.25) is 10.5 Å². The third kappa shape index (κ3) is 19.0.